The molecule has 0 aliphatic carbocycles. The fourth-order valence-electron chi connectivity index (χ4n) is 2.44. The molecule has 5 heteroatoms. The number of hydrogen-bond donors (Lipinski definition) is 1. The minimum Gasteiger partial charge on any atom is -0.338 e. The molecule has 1 aliphatic heterocycles. The van der Waals surface area contributed by atoms with E-state index in [4.69, 9.17) is 4.52 Å². The maximum absolute atomic E-state index is 5.22. The highest BCUT2D eigenvalue weighted by Gasteiger charge is 2.19. The largest absolute Gasteiger partial charge is 0.338 e. The molecule has 1 fully saturated rings. The van der Waals surface area contributed by atoms with Crippen LogP contribution in [0.25, 0.3) is 0 Å². The summed E-state index contributed by atoms with van der Waals surface area (Å²) >= 11 is 0. The van der Waals surface area contributed by atoms with Gasteiger partial charge in [0.05, 0.1) is 6.54 Å². The molecule has 0 amide bonds. The molecule has 0 bridgehead atoms. The Morgan fingerprint density at radius 3 is 3.00 bits per heavy atom. The molecular weight excluding hydrogens is 228 g/mol. The van der Waals surface area contributed by atoms with E-state index >= 15 is 0 Å². The zero-order valence-electron chi connectivity index (χ0n) is 11.5. The summed E-state index contributed by atoms with van der Waals surface area (Å²) in [5, 5.41) is 7.40. The molecule has 18 heavy (non-hydrogen) atoms. The summed E-state index contributed by atoms with van der Waals surface area (Å²) in [7, 11) is 0. The van der Waals surface area contributed by atoms with Gasteiger partial charge in [0.15, 0.2) is 5.82 Å². The lowest BCUT2D eigenvalue weighted by Crippen LogP contribution is -2.37. The van der Waals surface area contributed by atoms with E-state index in [9.17, 15) is 0 Å². The van der Waals surface area contributed by atoms with E-state index in [1.807, 2.05) is 6.92 Å². The molecule has 0 saturated carbocycles. The standard InChI is InChI=1S/C13H24N4O/c1-3-4-8-17(9-12-6-5-7-14-12)10-13-15-11(2)16-18-13/h12,14H,3-10H2,1-2H3. The minimum absolute atomic E-state index is 0.630. The molecule has 0 aromatic carbocycles. The van der Waals surface area contributed by atoms with E-state index in [0.717, 1.165) is 37.9 Å². The first-order valence-electron chi connectivity index (χ1n) is 7.03. The molecule has 1 aliphatic rings. The SMILES string of the molecule is CCCCN(Cc1nc(C)no1)CC1CCCN1. The molecule has 1 aromatic heterocycles. The average Bonchev–Trinajstić information content (AvgIpc) is 2.98. The van der Waals surface area contributed by atoms with Crippen LogP contribution in [0.2, 0.25) is 0 Å². The van der Waals surface area contributed by atoms with E-state index < -0.39 is 0 Å². The maximum atomic E-state index is 5.22. The monoisotopic (exact) mass is 252 g/mol. The Morgan fingerprint density at radius 2 is 2.39 bits per heavy atom. The van der Waals surface area contributed by atoms with E-state index in [1.165, 1.54) is 25.7 Å². The zero-order chi connectivity index (χ0) is 12.8. The molecule has 1 N–H and O–H groups in total. The van der Waals surface area contributed by atoms with E-state index in [1.54, 1.807) is 0 Å². The number of aryl methyl sites for hydroxylation is 1. The van der Waals surface area contributed by atoms with Crippen LogP contribution in [-0.4, -0.2) is 40.7 Å². The summed E-state index contributed by atoms with van der Waals surface area (Å²) in [6, 6.07) is 0.630. The highest BCUT2D eigenvalue weighted by molar-refractivity contribution is 4.85. The van der Waals surface area contributed by atoms with Crippen LogP contribution < -0.4 is 5.32 Å². The van der Waals surface area contributed by atoms with Gasteiger partial charge in [-0.05, 0) is 39.3 Å². The van der Waals surface area contributed by atoms with Crippen LogP contribution in [0.4, 0.5) is 0 Å². The van der Waals surface area contributed by atoms with Crippen molar-refractivity contribution in [3.05, 3.63) is 11.7 Å². The number of nitrogens with zero attached hydrogens (tertiary/aromatic N) is 3. The smallest absolute Gasteiger partial charge is 0.240 e. The normalized spacial score (nSPS) is 19.8. The second-order valence-electron chi connectivity index (χ2n) is 5.12. The van der Waals surface area contributed by atoms with Crippen LogP contribution in [0.15, 0.2) is 4.52 Å². The van der Waals surface area contributed by atoms with Crippen LogP contribution >= 0.6 is 0 Å². The Bertz CT molecular complexity index is 347. The lowest BCUT2D eigenvalue weighted by atomic mass is 10.2. The molecule has 1 aromatic rings. The predicted molar refractivity (Wildman–Crippen MR) is 70.2 cm³/mol. The van der Waals surface area contributed by atoms with E-state index in [-0.39, 0.29) is 0 Å². The van der Waals surface area contributed by atoms with Crippen molar-refractivity contribution in [2.24, 2.45) is 0 Å². The van der Waals surface area contributed by atoms with Gasteiger partial charge in [0.2, 0.25) is 5.89 Å². The Hall–Kier alpha value is -0.940. The summed E-state index contributed by atoms with van der Waals surface area (Å²) in [6.07, 6.45) is 5.02. The van der Waals surface area contributed by atoms with Crippen molar-refractivity contribution < 1.29 is 4.52 Å². The van der Waals surface area contributed by atoms with Crippen molar-refractivity contribution in [1.82, 2.24) is 20.4 Å². The maximum Gasteiger partial charge on any atom is 0.240 e. The third kappa shape index (κ3) is 4.07. The molecule has 0 radical (unpaired) electrons. The second kappa shape index (κ2) is 6.85. The van der Waals surface area contributed by atoms with E-state index in [2.05, 4.69) is 27.3 Å². The summed E-state index contributed by atoms with van der Waals surface area (Å²) in [5.41, 5.74) is 0. The van der Waals surface area contributed by atoms with Crippen molar-refractivity contribution in [3.8, 4) is 0 Å². The van der Waals surface area contributed by atoms with Crippen molar-refractivity contribution in [2.75, 3.05) is 19.6 Å². The predicted octanol–water partition coefficient (Wildman–Crippen LogP) is 1.73. The zero-order valence-corrected chi connectivity index (χ0v) is 11.5. The van der Waals surface area contributed by atoms with Gasteiger partial charge in [-0.1, -0.05) is 18.5 Å². The Labute approximate surface area is 109 Å². The molecule has 2 heterocycles. The Balaban J connectivity index is 1.86. The van der Waals surface area contributed by atoms with Crippen LogP contribution in [-0.2, 0) is 6.54 Å². The lowest BCUT2D eigenvalue weighted by Gasteiger charge is -2.23. The van der Waals surface area contributed by atoms with E-state index in [0.29, 0.717) is 6.04 Å². The lowest BCUT2D eigenvalue weighted by molar-refractivity contribution is 0.206. The van der Waals surface area contributed by atoms with Gasteiger partial charge in [-0.2, -0.15) is 4.98 Å². The summed E-state index contributed by atoms with van der Waals surface area (Å²) < 4.78 is 5.22. The molecule has 5 nitrogen and oxygen atoms in total. The van der Waals surface area contributed by atoms with Gasteiger partial charge < -0.3 is 9.84 Å². The molecule has 1 atom stereocenters. The third-order valence-corrected chi connectivity index (χ3v) is 3.40. The molecular formula is C13H24N4O. The molecule has 1 unspecified atom stereocenters. The number of nitrogens with one attached hydrogen (secondary N) is 1. The fraction of sp³-hybridized carbons (Fsp3) is 0.846. The highest BCUT2D eigenvalue weighted by Crippen LogP contribution is 2.10. The molecule has 1 saturated heterocycles. The summed E-state index contributed by atoms with van der Waals surface area (Å²) in [5.74, 6) is 1.46. The Morgan fingerprint density at radius 1 is 1.50 bits per heavy atom. The number of unbranched alkanes of at least 4 members (excludes halogenated alkanes) is 1. The van der Waals surface area contributed by atoms with Crippen molar-refractivity contribution in [3.63, 3.8) is 0 Å². The van der Waals surface area contributed by atoms with Crippen LogP contribution in [0, 0.1) is 6.92 Å². The molecule has 2 rings (SSSR count). The number of hydrogen-bond acceptors (Lipinski definition) is 5. The van der Waals surface area contributed by atoms with Crippen LogP contribution in [0.5, 0.6) is 0 Å². The van der Waals surface area contributed by atoms with Gasteiger partial charge in [0.25, 0.3) is 0 Å². The average molecular weight is 252 g/mol. The summed E-state index contributed by atoms with van der Waals surface area (Å²) in [4.78, 5) is 6.72. The molecule has 0 spiro atoms. The number of rotatable bonds is 7. The summed E-state index contributed by atoms with van der Waals surface area (Å²) in [6.45, 7) is 8.22. The first kappa shape index (κ1) is 13.5. The van der Waals surface area contributed by atoms with Crippen molar-refractivity contribution in [2.45, 2.75) is 52.1 Å². The van der Waals surface area contributed by atoms with Crippen molar-refractivity contribution in [1.29, 1.82) is 0 Å². The Kier molecular flexibility index (Phi) is 5.13. The van der Waals surface area contributed by atoms with Gasteiger partial charge in [0.1, 0.15) is 0 Å². The highest BCUT2D eigenvalue weighted by atomic mass is 16.5. The van der Waals surface area contributed by atoms with Crippen LogP contribution in [0.3, 0.4) is 0 Å². The third-order valence-electron chi connectivity index (χ3n) is 3.40. The quantitative estimate of drug-likeness (QED) is 0.801. The van der Waals surface area contributed by atoms with Gasteiger partial charge in [0, 0.05) is 12.6 Å². The van der Waals surface area contributed by atoms with Crippen molar-refractivity contribution >= 4 is 0 Å². The van der Waals surface area contributed by atoms with Gasteiger partial charge in [-0.15, -0.1) is 0 Å². The van der Waals surface area contributed by atoms with Gasteiger partial charge in [-0.25, -0.2) is 0 Å². The van der Waals surface area contributed by atoms with Gasteiger partial charge in [-0.3, -0.25) is 4.90 Å². The minimum atomic E-state index is 0.630. The topological polar surface area (TPSA) is 54.2 Å². The first-order valence-corrected chi connectivity index (χ1v) is 7.03. The van der Waals surface area contributed by atoms with Gasteiger partial charge >= 0.3 is 0 Å². The second-order valence-corrected chi connectivity index (χ2v) is 5.12. The molecule has 102 valence electrons. The van der Waals surface area contributed by atoms with Crippen LogP contribution in [0.1, 0.15) is 44.3 Å². The number of aromatic nitrogens is 2. The fourth-order valence-corrected chi connectivity index (χ4v) is 2.44. The first-order chi connectivity index (χ1) is 8.78.